The topological polar surface area (TPSA) is 69.6 Å². The van der Waals surface area contributed by atoms with Gasteiger partial charge in [0.05, 0.1) is 6.04 Å². The summed E-state index contributed by atoms with van der Waals surface area (Å²) in [4.78, 5) is 11.9. The van der Waals surface area contributed by atoms with Crippen LogP contribution in [0.25, 0.3) is 0 Å². The Labute approximate surface area is 98.1 Å². The Bertz CT molecular complexity index is 204. The first-order valence-corrected chi connectivity index (χ1v) is 6.04. The molecule has 3 N–H and O–H groups in total. The van der Waals surface area contributed by atoms with Crippen LogP contribution in [-0.4, -0.2) is 34.4 Å². The molecule has 2 atom stereocenters. The zero-order chi connectivity index (χ0) is 12.7. The molecule has 0 radical (unpaired) electrons. The monoisotopic (exact) mass is 231 g/mol. The van der Waals surface area contributed by atoms with Gasteiger partial charge in [-0.15, -0.1) is 0 Å². The molecule has 0 amide bonds. The van der Waals surface area contributed by atoms with E-state index in [0.29, 0.717) is 6.42 Å². The number of hydrogen-bond donors (Lipinski definition) is 3. The molecule has 4 nitrogen and oxygen atoms in total. The molecular weight excluding hydrogens is 206 g/mol. The third-order valence-corrected chi connectivity index (χ3v) is 2.72. The first-order chi connectivity index (χ1) is 7.38. The van der Waals surface area contributed by atoms with Crippen LogP contribution in [0, 0.1) is 5.92 Å². The maximum absolute atomic E-state index is 11.9. The largest absolute Gasteiger partial charge is 0.368 e. The highest BCUT2D eigenvalue weighted by atomic mass is 16.5. The molecule has 0 bridgehead atoms. The van der Waals surface area contributed by atoms with E-state index in [1.165, 1.54) is 0 Å². The number of Topliss-reactive ketones (excluding diaryl/α,β-unsaturated/α-hetero) is 1. The van der Waals surface area contributed by atoms with Gasteiger partial charge in [0.1, 0.15) is 0 Å². The summed E-state index contributed by atoms with van der Waals surface area (Å²) in [7, 11) is 0. The van der Waals surface area contributed by atoms with E-state index < -0.39 is 6.29 Å². The molecule has 0 aromatic rings. The number of nitrogens with one attached hydrogen (secondary N) is 1. The van der Waals surface area contributed by atoms with Gasteiger partial charge in [-0.05, 0) is 26.2 Å². The Morgan fingerprint density at radius 3 is 2.12 bits per heavy atom. The first-order valence-electron chi connectivity index (χ1n) is 6.04. The molecule has 0 aliphatic rings. The zero-order valence-electron chi connectivity index (χ0n) is 10.7. The van der Waals surface area contributed by atoms with Gasteiger partial charge in [0.2, 0.25) is 0 Å². The van der Waals surface area contributed by atoms with E-state index in [1.54, 1.807) is 0 Å². The van der Waals surface area contributed by atoms with Crippen molar-refractivity contribution in [3.05, 3.63) is 0 Å². The van der Waals surface area contributed by atoms with Crippen LogP contribution in [0.15, 0.2) is 0 Å². The van der Waals surface area contributed by atoms with Crippen molar-refractivity contribution in [3.63, 3.8) is 0 Å². The number of aliphatic hydroxyl groups is 2. The van der Waals surface area contributed by atoms with Crippen molar-refractivity contribution in [3.8, 4) is 0 Å². The van der Waals surface area contributed by atoms with Crippen molar-refractivity contribution in [1.82, 2.24) is 5.32 Å². The predicted molar refractivity (Wildman–Crippen MR) is 64.0 cm³/mol. The molecule has 0 saturated heterocycles. The molecule has 2 unspecified atom stereocenters. The van der Waals surface area contributed by atoms with Gasteiger partial charge >= 0.3 is 0 Å². The van der Waals surface area contributed by atoms with E-state index in [-0.39, 0.29) is 30.2 Å². The fraction of sp³-hybridized carbons (Fsp3) is 0.917. The number of carbonyl (C=O) groups excluding carboxylic acids is 1. The maximum atomic E-state index is 11.9. The van der Waals surface area contributed by atoms with Crippen LogP contribution in [0.5, 0.6) is 0 Å². The Hall–Kier alpha value is -0.450. The lowest BCUT2D eigenvalue weighted by molar-refractivity contribution is -0.124. The van der Waals surface area contributed by atoms with Gasteiger partial charge in [-0.2, -0.15) is 0 Å². The molecule has 0 fully saturated rings. The highest BCUT2D eigenvalue weighted by Gasteiger charge is 2.22. The van der Waals surface area contributed by atoms with Crippen LogP contribution in [-0.2, 0) is 4.79 Å². The lowest BCUT2D eigenvalue weighted by atomic mass is 9.97. The fourth-order valence-corrected chi connectivity index (χ4v) is 1.49. The maximum Gasteiger partial charge on any atom is 0.152 e. The second kappa shape index (κ2) is 7.76. The zero-order valence-corrected chi connectivity index (χ0v) is 10.7. The molecule has 0 aromatic heterocycles. The SMILES string of the molecule is CCC(C)NC(CCC(O)O)C(=O)C(C)C. The summed E-state index contributed by atoms with van der Waals surface area (Å²) >= 11 is 0. The predicted octanol–water partition coefficient (Wildman–Crippen LogP) is 1.06. The molecule has 0 saturated carbocycles. The highest BCUT2D eigenvalue weighted by molar-refractivity contribution is 5.85. The minimum absolute atomic E-state index is 0.0302. The Balaban J connectivity index is 4.32. The van der Waals surface area contributed by atoms with Crippen LogP contribution in [0.4, 0.5) is 0 Å². The van der Waals surface area contributed by atoms with Crippen molar-refractivity contribution in [2.45, 2.75) is 65.3 Å². The van der Waals surface area contributed by atoms with Gasteiger partial charge in [0.25, 0.3) is 0 Å². The number of ketones is 1. The molecule has 0 aliphatic carbocycles. The van der Waals surface area contributed by atoms with Crippen LogP contribution in [0.1, 0.15) is 47.0 Å². The van der Waals surface area contributed by atoms with Gasteiger partial charge in [-0.25, -0.2) is 0 Å². The minimum Gasteiger partial charge on any atom is -0.368 e. The Morgan fingerprint density at radius 2 is 1.75 bits per heavy atom. The normalized spacial score (nSPS) is 15.5. The van der Waals surface area contributed by atoms with Gasteiger partial charge in [0.15, 0.2) is 12.1 Å². The van der Waals surface area contributed by atoms with Crippen molar-refractivity contribution < 1.29 is 15.0 Å². The lowest BCUT2D eigenvalue weighted by Crippen LogP contribution is -2.44. The van der Waals surface area contributed by atoms with Crippen molar-refractivity contribution >= 4 is 5.78 Å². The lowest BCUT2D eigenvalue weighted by Gasteiger charge is -2.23. The van der Waals surface area contributed by atoms with Crippen LogP contribution < -0.4 is 5.32 Å². The summed E-state index contributed by atoms with van der Waals surface area (Å²) in [6, 6.07) is 0.000265. The quantitative estimate of drug-likeness (QED) is 0.546. The van der Waals surface area contributed by atoms with E-state index in [9.17, 15) is 4.79 Å². The summed E-state index contributed by atoms with van der Waals surface area (Å²) in [6.45, 7) is 7.80. The second-order valence-corrected chi connectivity index (χ2v) is 4.64. The average molecular weight is 231 g/mol. The average Bonchev–Trinajstić information content (AvgIpc) is 2.22. The fourth-order valence-electron chi connectivity index (χ4n) is 1.49. The molecule has 0 aliphatic heterocycles. The molecule has 0 spiro atoms. The number of aliphatic hydroxyl groups excluding tert-OH is 1. The first kappa shape index (κ1) is 15.6. The summed E-state index contributed by atoms with van der Waals surface area (Å²) in [5.74, 6) is 0.110. The molecule has 0 heterocycles. The van der Waals surface area contributed by atoms with Crippen LogP contribution >= 0.6 is 0 Å². The molecule has 4 heteroatoms. The van der Waals surface area contributed by atoms with Crippen molar-refractivity contribution in [2.75, 3.05) is 0 Å². The Morgan fingerprint density at radius 1 is 1.19 bits per heavy atom. The Kier molecular flexibility index (Phi) is 7.55. The van der Waals surface area contributed by atoms with Crippen molar-refractivity contribution in [1.29, 1.82) is 0 Å². The van der Waals surface area contributed by atoms with E-state index in [0.717, 1.165) is 6.42 Å². The summed E-state index contributed by atoms with van der Waals surface area (Å²) in [5.41, 5.74) is 0. The standard InChI is InChI=1S/C12H25NO3/c1-5-9(4)13-10(6-7-11(14)15)12(16)8(2)3/h8-11,13-15H,5-7H2,1-4H3. The third kappa shape index (κ3) is 6.20. The molecule has 16 heavy (non-hydrogen) atoms. The third-order valence-electron chi connectivity index (χ3n) is 2.72. The number of hydrogen-bond acceptors (Lipinski definition) is 4. The van der Waals surface area contributed by atoms with E-state index in [4.69, 9.17) is 10.2 Å². The van der Waals surface area contributed by atoms with Crippen molar-refractivity contribution in [2.24, 2.45) is 5.92 Å². The summed E-state index contributed by atoms with van der Waals surface area (Å²) in [6.07, 6.45) is 0.316. The number of rotatable bonds is 8. The van der Waals surface area contributed by atoms with Crippen LogP contribution in [0.2, 0.25) is 0 Å². The smallest absolute Gasteiger partial charge is 0.152 e. The second-order valence-electron chi connectivity index (χ2n) is 4.64. The van der Waals surface area contributed by atoms with E-state index in [1.807, 2.05) is 20.8 Å². The van der Waals surface area contributed by atoms with E-state index >= 15 is 0 Å². The molecule has 0 rings (SSSR count). The van der Waals surface area contributed by atoms with Crippen LogP contribution in [0.3, 0.4) is 0 Å². The number of carbonyl (C=O) groups is 1. The molecule has 0 aromatic carbocycles. The van der Waals surface area contributed by atoms with Gasteiger partial charge < -0.3 is 15.5 Å². The highest BCUT2D eigenvalue weighted by Crippen LogP contribution is 2.09. The van der Waals surface area contributed by atoms with Gasteiger partial charge in [0, 0.05) is 12.0 Å². The van der Waals surface area contributed by atoms with Gasteiger partial charge in [-0.1, -0.05) is 20.8 Å². The minimum atomic E-state index is -1.33. The summed E-state index contributed by atoms with van der Waals surface area (Å²) in [5, 5.41) is 20.9. The van der Waals surface area contributed by atoms with E-state index in [2.05, 4.69) is 12.2 Å². The molecule has 96 valence electrons. The van der Waals surface area contributed by atoms with Gasteiger partial charge in [-0.3, -0.25) is 4.79 Å². The summed E-state index contributed by atoms with van der Waals surface area (Å²) < 4.78 is 0. The molecular formula is C12H25NO3.